The van der Waals surface area contributed by atoms with Gasteiger partial charge in [-0.25, -0.2) is 0 Å². The molecule has 220 valence electrons. The maximum absolute atomic E-state index is 13.3. The number of hydrogen-bond donors (Lipinski definition) is 5. The van der Waals surface area contributed by atoms with Gasteiger partial charge in [0.05, 0.1) is 18.9 Å². The molecule has 6 rings (SSSR count). The summed E-state index contributed by atoms with van der Waals surface area (Å²) in [5, 5.41) is 17.5. The minimum Gasteiger partial charge on any atom is -0.468 e. The van der Waals surface area contributed by atoms with Gasteiger partial charge in [-0.2, -0.15) is 0 Å². The summed E-state index contributed by atoms with van der Waals surface area (Å²) in [4.78, 5) is 24.3. The van der Waals surface area contributed by atoms with Gasteiger partial charge in [0, 0.05) is 67.7 Å². The predicted molar refractivity (Wildman–Crippen MR) is 169 cm³/mol. The van der Waals surface area contributed by atoms with Crippen LogP contribution >= 0.6 is 0 Å². The van der Waals surface area contributed by atoms with Crippen molar-refractivity contribution in [3.63, 3.8) is 0 Å². The number of carbonyl (C=O) groups is 1. The molecule has 2 aliphatic heterocycles. The van der Waals surface area contributed by atoms with Gasteiger partial charge in [-0.3, -0.25) is 4.79 Å². The first-order chi connectivity index (χ1) is 20.1. The molecule has 1 saturated heterocycles. The van der Waals surface area contributed by atoms with Gasteiger partial charge in [-0.15, -0.1) is 0 Å². The quantitative estimate of drug-likeness (QED) is 0.280. The lowest BCUT2D eigenvalue weighted by atomic mass is 9.85. The van der Waals surface area contributed by atoms with E-state index in [1.807, 2.05) is 13.0 Å². The third-order valence-electron chi connectivity index (χ3n) is 9.87. The lowest BCUT2D eigenvalue weighted by Gasteiger charge is -2.21. The molecule has 0 radical (unpaired) electrons. The lowest BCUT2D eigenvalue weighted by molar-refractivity contribution is -0.146. The van der Waals surface area contributed by atoms with Gasteiger partial charge < -0.3 is 30.1 Å². The third kappa shape index (κ3) is 4.01. The molecule has 0 amide bonds. The highest BCUT2D eigenvalue weighted by Crippen LogP contribution is 2.52. The van der Waals surface area contributed by atoms with Crippen LogP contribution in [-0.4, -0.2) is 33.1 Å². The number of H-pyrrole nitrogens is 3. The summed E-state index contributed by atoms with van der Waals surface area (Å²) >= 11 is 0. The van der Waals surface area contributed by atoms with E-state index in [2.05, 4.69) is 79.7 Å². The van der Waals surface area contributed by atoms with Gasteiger partial charge >= 0.3 is 5.97 Å². The molecule has 1 unspecified atom stereocenters. The topological polar surface area (TPSA) is 106 Å². The number of aliphatic hydroxyl groups excluding tert-OH is 1. The highest BCUT2D eigenvalue weighted by atomic mass is 16.5. The normalized spacial score (nSPS) is 27.0. The van der Waals surface area contributed by atoms with Crippen molar-refractivity contribution >= 4 is 35.8 Å². The summed E-state index contributed by atoms with van der Waals surface area (Å²) < 4.78 is 5.27. The van der Waals surface area contributed by atoms with Gasteiger partial charge in [-0.1, -0.05) is 39.8 Å². The number of nitrogens with one attached hydrogen (secondary N) is 4. The van der Waals surface area contributed by atoms with Crippen LogP contribution in [0.25, 0.3) is 29.9 Å². The molecule has 5 N–H and O–H groups in total. The minimum atomic E-state index is -0.997. The number of hydrogen-bond acceptors (Lipinski definition) is 4. The molecule has 0 aromatic carbocycles. The Kier molecular flexibility index (Phi) is 6.97. The van der Waals surface area contributed by atoms with Crippen LogP contribution < -0.4 is 16.0 Å². The van der Waals surface area contributed by atoms with Gasteiger partial charge in [0.1, 0.15) is 5.92 Å². The fraction of sp³-hybridized carbons (Fsp3) is 0.400. The van der Waals surface area contributed by atoms with E-state index in [0.717, 1.165) is 92.0 Å². The summed E-state index contributed by atoms with van der Waals surface area (Å²) in [5.41, 5.74) is 13.1. The molecular weight excluding hydrogens is 524 g/mol. The molecule has 7 heteroatoms. The lowest BCUT2D eigenvalue weighted by Crippen LogP contribution is -2.24. The monoisotopic (exact) mass is 566 g/mol. The number of rotatable bonds is 5. The van der Waals surface area contributed by atoms with E-state index in [9.17, 15) is 9.90 Å². The molecule has 7 nitrogen and oxygen atoms in total. The zero-order valence-electron chi connectivity index (χ0n) is 25.7. The Morgan fingerprint density at radius 1 is 1.00 bits per heavy atom. The fourth-order valence-corrected chi connectivity index (χ4v) is 7.50. The Morgan fingerprint density at radius 2 is 1.71 bits per heavy atom. The number of aromatic amines is 3. The number of carbonyl (C=O) groups excluding carboxylic acids is 1. The largest absolute Gasteiger partial charge is 0.468 e. The Balaban J connectivity index is 1.75. The first-order valence-corrected chi connectivity index (χ1v) is 15.1. The van der Waals surface area contributed by atoms with E-state index in [-0.39, 0.29) is 11.8 Å². The molecule has 5 heterocycles. The summed E-state index contributed by atoms with van der Waals surface area (Å²) in [6, 6.07) is 0. The van der Waals surface area contributed by atoms with E-state index in [1.165, 1.54) is 18.2 Å². The Bertz CT molecular complexity index is 1810. The molecule has 1 fully saturated rings. The molecule has 0 spiro atoms. The zero-order chi connectivity index (χ0) is 30.0. The number of aliphatic hydroxyl groups is 1. The molecule has 3 aromatic heterocycles. The predicted octanol–water partition coefficient (Wildman–Crippen LogP) is 5.02. The van der Waals surface area contributed by atoms with Crippen molar-refractivity contribution in [3.05, 3.63) is 84.8 Å². The number of esters is 1. The maximum Gasteiger partial charge on any atom is 0.316 e. The third-order valence-corrected chi connectivity index (χ3v) is 9.87. The first kappa shape index (κ1) is 28.2. The zero-order valence-corrected chi connectivity index (χ0v) is 25.7. The highest BCUT2D eigenvalue weighted by Gasteiger charge is 2.48. The molecule has 3 aliphatic rings. The number of methoxy groups -OCH3 is 1. The molecule has 1 aliphatic carbocycles. The number of ether oxygens (including phenoxy) is 1. The maximum atomic E-state index is 13.3. The van der Waals surface area contributed by atoms with Crippen LogP contribution in [-0.2, 0) is 16.0 Å². The number of fused-ring (bicyclic) bond motifs is 7. The van der Waals surface area contributed by atoms with Crippen molar-refractivity contribution in [2.75, 3.05) is 7.11 Å². The first-order valence-electron chi connectivity index (χ1n) is 15.1. The van der Waals surface area contributed by atoms with E-state index in [4.69, 9.17) is 4.74 Å². The van der Waals surface area contributed by atoms with E-state index in [1.54, 1.807) is 0 Å². The van der Waals surface area contributed by atoms with Crippen LogP contribution in [0.4, 0.5) is 0 Å². The average molecular weight is 567 g/mol. The Morgan fingerprint density at radius 3 is 2.38 bits per heavy atom. The van der Waals surface area contributed by atoms with Crippen LogP contribution in [0.1, 0.15) is 95.9 Å². The van der Waals surface area contributed by atoms with E-state index < -0.39 is 18.0 Å². The van der Waals surface area contributed by atoms with Crippen molar-refractivity contribution < 1.29 is 14.6 Å². The Labute approximate surface area is 247 Å². The SMILES string of the molecule is C=Cc1c2[nH]c(c1C)/C=C1\N/C(=C3\c4[nH]c(c(C)c4C(O)[C@@H]3C(=O)OC)/C=c3\[nH]/c(c(C)c3CC)=C\2)[C@@H](CCC)[C@@H]1C. The van der Waals surface area contributed by atoms with Crippen molar-refractivity contribution in [2.24, 2.45) is 17.8 Å². The Hall–Kier alpha value is -3.97. The highest BCUT2D eigenvalue weighted by molar-refractivity contribution is 5.95. The molecule has 3 aromatic rings. The van der Waals surface area contributed by atoms with Gasteiger partial charge in [0.2, 0.25) is 0 Å². The second kappa shape index (κ2) is 10.4. The van der Waals surface area contributed by atoms with Gasteiger partial charge in [0.25, 0.3) is 0 Å². The van der Waals surface area contributed by atoms with Crippen LogP contribution in [0.3, 0.4) is 0 Å². The van der Waals surface area contributed by atoms with Crippen LogP contribution in [0, 0.1) is 38.5 Å². The average Bonchev–Trinajstić information content (AvgIpc) is 3.70. The van der Waals surface area contributed by atoms with Crippen LogP contribution in [0.2, 0.25) is 0 Å². The molecule has 8 bridgehead atoms. The fourth-order valence-electron chi connectivity index (χ4n) is 7.50. The van der Waals surface area contributed by atoms with Crippen LogP contribution in [0.5, 0.6) is 0 Å². The van der Waals surface area contributed by atoms with Gasteiger partial charge in [0.15, 0.2) is 0 Å². The molecule has 0 saturated carbocycles. The molecule has 4 atom stereocenters. The minimum absolute atomic E-state index is 0.160. The molecule has 42 heavy (non-hydrogen) atoms. The standard InChI is InChI=1S/C35H42N4O3/c1-9-12-22-18(6)25-13-23-16(4)20(10-2)27(36-23)14-24-17(5)21(11-3)28(37-24)15-26-19(7)29-33(39-26)30(32(22)38-25)31(34(29)40)35(41)42-8/h10,13-15,18,22,31,34,36-40H,2,9,11-12H2,1,3-8H3/b24-14-,25-13-,28-15-,32-30-/t18-,22-,31+,34?/m0/s1. The van der Waals surface area contributed by atoms with Crippen molar-refractivity contribution in [1.29, 1.82) is 0 Å². The summed E-state index contributed by atoms with van der Waals surface area (Å²) in [5.74, 6) is -0.882. The van der Waals surface area contributed by atoms with E-state index in [0.29, 0.717) is 0 Å². The van der Waals surface area contributed by atoms with E-state index >= 15 is 0 Å². The van der Waals surface area contributed by atoms with Crippen molar-refractivity contribution in [3.8, 4) is 0 Å². The van der Waals surface area contributed by atoms with Crippen molar-refractivity contribution in [1.82, 2.24) is 20.3 Å². The summed E-state index contributed by atoms with van der Waals surface area (Å²) in [6.45, 7) is 17.0. The van der Waals surface area contributed by atoms with Crippen LogP contribution in [0.15, 0.2) is 18.0 Å². The smallest absolute Gasteiger partial charge is 0.316 e. The number of aromatic nitrogens is 3. The summed E-state index contributed by atoms with van der Waals surface area (Å²) in [6.07, 6.45) is 10.3. The summed E-state index contributed by atoms with van der Waals surface area (Å²) in [7, 11) is 1.39. The van der Waals surface area contributed by atoms with Gasteiger partial charge in [-0.05, 0) is 74.1 Å². The van der Waals surface area contributed by atoms with Crippen molar-refractivity contribution in [2.45, 2.75) is 66.9 Å². The second-order valence-electron chi connectivity index (χ2n) is 12.0. The molecular formula is C35H42N4O3. The number of allylic oxidation sites excluding steroid dienone is 2. The second-order valence-corrected chi connectivity index (χ2v) is 12.0.